The highest BCUT2D eigenvalue weighted by Gasteiger charge is 1.98. The average Bonchev–Trinajstić information content (AvgIpc) is 2.57. The van der Waals surface area contributed by atoms with Crippen LogP contribution in [0.5, 0.6) is 5.75 Å². The summed E-state index contributed by atoms with van der Waals surface area (Å²) in [7, 11) is 1.76. The molecule has 130 valence electrons. The van der Waals surface area contributed by atoms with Crippen molar-refractivity contribution < 1.29 is 13.9 Å². The van der Waals surface area contributed by atoms with E-state index in [2.05, 4.69) is 15.6 Å². The first kappa shape index (κ1) is 19.2. The van der Waals surface area contributed by atoms with Crippen molar-refractivity contribution in [3.05, 3.63) is 30.1 Å². The third kappa shape index (κ3) is 9.73. The Bertz CT molecular complexity index is 438. The van der Waals surface area contributed by atoms with Crippen molar-refractivity contribution in [1.82, 2.24) is 10.6 Å². The first-order chi connectivity index (χ1) is 11.3. The Morgan fingerprint density at radius 3 is 2.39 bits per heavy atom. The lowest BCUT2D eigenvalue weighted by Gasteiger charge is -2.12. The Labute approximate surface area is 138 Å². The first-order valence-electron chi connectivity index (χ1n) is 8.17. The highest BCUT2D eigenvalue weighted by atomic mass is 19.1. The van der Waals surface area contributed by atoms with E-state index in [1.54, 1.807) is 19.2 Å². The number of ether oxygens (including phenoxy) is 2. The highest BCUT2D eigenvalue weighted by Crippen LogP contribution is 2.11. The molecule has 0 spiro atoms. The molecule has 0 fully saturated rings. The van der Waals surface area contributed by atoms with Crippen LogP contribution in [0.1, 0.15) is 26.2 Å². The Morgan fingerprint density at radius 2 is 1.74 bits per heavy atom. The zero-order valence-corrected chi connectivity index (χ0v) is 14.1. The van der Waals surface area contributed by atoms with Gasteiger partial charge in [-0.05, 0) is 50.5 Å². The van der Waals surface area contributed by atoms with Gasteiger partial charge < -0.3 is 20.1 Å². The number of hydrogen-bond donors (Lipinski definition) is 2. The van der Waals surface area contributed by atoms with E-state index in [1.165, 1.54) is 12.1 Å². The summed E-state index contributed by atoms with van der Waals surface area (Å²) in [6, 6.07) is 6.08. The van der Waals surface area contributed by atoms with Gasteiger partial charge in [-0.15, -0.1) is 0 Å². The number of aliphatic imine (C=N–C) groups is 1. The van der Waals surface area contributed by atoms with Gasteiger partial charge in [0.15, 0.2) is 5.96 Å². The molecule has 0 heterocycles. The van der Waals surface area contributed by atoms with E-state index in [1.807, 2.05) is 6.92 Å². The fourth-order valence-corrected chi connectivity index (χ4v) is 1.90. The number of nitrogens with one attached hydrogen (secondary N) is 2. The second-order valence-electron chi connectivity index (χ2n) is 4.99. The van der Waals surface area contributed by atoms with E-state index in [4.69, 9.17) is 9.47 Å². The molecule has 0 saturated heterocycles. The Kier molecular flexibility index (Phi) is 10.6. The largest absolute Gasteiger partial charge is 0.494 e. The summed E-state index contributed by atoms with van der Waals surface area (Å²) in [5.41, 5.74) is 0. The minimum atomic E-state index is -0.248. The number of unbranched alkanes of at least 4 members (excludes halogenated alkanes) is 1. The Hall–Kier alpha value is -1.82. The van der Waals surface area contributed by atoms with Gasteiger partial charge in [-0.25, -0.2) is 4.39 Å². The van der Waals surface area contributed by atoms with Gasteiger partial charge in [-0.2, -0.15) is 0 Å². The van der Waals surface area contributed by atoms with E-state index < -0.39 is 0 Å². The predicted octanol–water partition coefficient (Wildman–Crippen LogP) is 2.58. The van der Waals surface area contributed by atoms with Crippen LogP contribution in [0.3, 0.4) is 0 Å². The van der Waals surface area contributed by atoms with Crippen LogP contribution < -0.4 is 15.4 Å². The fraction of sp³-hybridized carbons (Fsp3) is 0.588. The maximum absolute atomic E-state index is 12.7. The van der Waals surface area contributed by atoms with E-state index in [0.717, 1.165) is 51.5 Å². The highest BCUT2D eigenvalue weighted by molar-refractivity contribution is 5.79. The molecule has 5 nitrogen and oxygen atoms in total. The van der Waals surface area contributed by atoms with Crippen LogP contribution in [0, 0.1) is 5.82 Å². The van der Waals surface area contributed by atoms with Crippen LogP contribution in [0.25, 0.3) is 0 Å². The van der Waals surface area contributed by atoms with Crippen LogP contribution >= 0.6 is 0 Å². The van der Waals surface area contributed by atoms with Crippen molar-refractivity contribution >= 4 is 5.96 Å². The summed E-state index contributed by atoms with van der Waals surface area (Å²) in [5, 5.41) is 6.50. The zero-order chi connectivity index (χ0) is 16.8. The number of halogens is 1. The van der Waals surface area contributed by atoms with Crippen LogP contribution in [-0.2, 0) is 4.74 Å². The van der Waals surface area contributed by atoms with Gasteiger partial charge in [-0.1, -0.05) is 0 Å². The van der Waals surface area contributed by atoms with Gasteiger partial charge >= 0.3 is 0 Å². The van der Waals surface area contributed by atoms with Gasteiger partial charge in [-0.3, -0.25) is 4.99 Å². The molecule has 0 aliphatic carbocycles. The number of benzene rings is 1. The van der Waals surface area contributed by atoms with Crippen molar-refractivity contribution in [2.24, 2.45) is 4.99 Å². The van der Waals surface area contributed by atoms with Gasteiger partial charge in [0.1, 0.15) is 11.6 Å². The molecule has 0 aliphatic rings. The summed E-state index contributed by atoms with van der Waals surface area (Å²) in [6.45, 7) is 5.81. The lowest BCUT2D eigenvalue weighted by molar-refractivity contribution is 0.145. The number of hydrogen-bond acceptors (Lipinski definition) is 3. The predicted molar refractivity (Wildman–Crippen MR) is 91.6 cm³/mol. The summed E-state index contributed by atoms with van der Waals surface area (Å²) >= 11 is 0. The first-order valence-corrected chi connectivity index (χ1v) is 8.17. The summed E-state index contributed by atoms with van der Waals surface area (Å²) < 4.78 is 23.6. The molecule has 1 rings (SSSR count). The number of nitrogens with zero attached hydrogens (tertiary/aromatic N) is 1. The minimum Gasteiger partial charge on any atom is -0.494 e. The zero-order valence-electron chi connectivity index (χ0n) is 14.1. The van der Waals surface area contributed by atoms with Crippen LogP contribution in [0.4, 0.5) is 4.39 Å². The maximum atomic E-state index is 12.7. The molecular weight excluding hydrogens is 297 g/mol. The fourth-order valence-electron chi connectivity index (χ4n) is 1.90. The number of guanidine groups is 1. The summed E-state index contributed by atoms with van der Waals surface area (Å²) in [6.07, 6.45) is 2.85. The van der Waals surface area contributed by atoms with Crippen molar-refractivity contribution in [3.8, 4) is 5.75 Å². The third-order valence-corrected chi connectivity index (χ3v) is 3.13. The van der Waals surface area contributed by atoms with Crippen LogP contribution in [0.15, 0.2) is 29.3 Å². The molecular formula is C17H28FN3O2. The van der Waals surface area contributed by atoms with Crippen molar-refractivity contribution in [3.63, 3.8) is 0 Å². The van der Waals surface area contributed by atoms with Gasteiger partial charge in [0.05, 0.1) is 6.61 Å². The normalized spacial score (nSPS) is 11.3. The summed E-state index contributed by atoms with van der Waals surface area (Å²) in [5.74, 6) is 1.26. The standard InChI is InChI=1S/C17H28FN3O2/c1-3-22-13-6-12-21-17(19-2)20-11-4-5-14-23-16-9-7-15(18)8-10-16/h7-10H,3-6,11-14H2,1-2H3,(H2,19,20,21). The monoisotopic (exact) mass is 325 g/mol. The number of rotatable bonds is 11. The minimum absolute atomic E-state index is 0.248. The van der Waals surface area contributed by atoms with E-state index in [-0.39, 0.29) is 5.82 Å². The van der Waals surface area contributed by atoms with E-state index in [9.17, 15) is 4.39 Å². The molecule has 0 aromatic heterocycles. The van der Waals surface area contributed by atoms with Crippen molar-refractivity contribution in [1.29, 1.82) is 0 Å². The molecule has 0 amide bonds. The van der Waals surface area contributed by atoms with Crippen LogP contribution in [0.2, 0.25) is 0 Å². The topological polar surface area (TPSA) is 54.9 Å². The molecule has 0 atom stereocenters. The molecule has 1 aromatic rings. The van der Waals surface area contributed by atoms with E-state index in [0.29, 0.717) is 12.4 Å². The van der Waals surface area contributed by atoms with Gasteiger partial charge in [0.2, 0.25) is 0 Å². The molecule has 0 bridgehead atoms. The molecule has 23 heavy (non-hydrogen) atoms. The molecule has 0 radical (unpaired) electrons. The molecule has 0 unspecified atom stereocenters. The molecule has 0 aliphatic heterocycles. The SMILES string of the molecule is CCOCCCNC(=NC)NCCCCOc1ccc(F)cc1. The maximum Gasteiger partial charge on any atom is 0.190 e. The second kappa shape index (κ2) is 12.7. The van der Waals surface area contributed by atoms with Crippen molar-refractivity contribution in [2.45, 2.75) is 26.2 Å². The quantitative estimate of drug-likeness (QED) is 0.373. The van der Waals surface area contributed by atoms with E-state index >= 15 is 0 Å². The molecule has 2 N–H and O–H groups in total. The second-order valence-corrected chi connectivity index (χ2v) is 4.99. The Morgan fingerprint density at radius 1 is 1.04 bits per heavy atom. The average molecular weight is 325 g/mol. The molecule has 6 heteroatoms. The smallest absolute Gasteiger partial charge is 0.190 e. The molecule has 0 saturated carbocycles. The van der Waals surface area contributed by atoms with Gasteiger partial charge in [0, 0.05) is 33.4 Å². The lowest BCUT2D eigenvalue weighted by Crippen LogP contribution is -2.38. The summed E-state index contributed by atoms with van der Waals surface area (Å²) in [4.78, 5) is 4.17. The molecule has 1 aromatic carbocycles. The van der Waals surface area contributed by atoms with Crippen LogP contribution in [-0.4, -0.2) is 45.9 Å². The Balaban J connectivity index is 2.01. The third-order valence-electron chi connectivity index (χ3n) is 3.13. The lowest BCUT2D eigenvalue weighted by atomic mass is 10.3. The van der Waals surface area contributed by atoms with Crippen molar-refractivity contribution in [2.75, 3.05) is 40.0 Å². The van der Waals surface area contributed by atoms with Gasteiger partial charge in [0.25, 0.3) is 0 Å².